The van der Waals surface area contributed by atoms with Crippen molar-refractivity contribution in [2.75, 3.05) is 14.1 Å². The van der Waals surface area contributed by atoms with Crippen LogP contribution in [-0.4, -0.2) is 40.1 Å². The zero-order valence-electron chi connectivity index (χ0n) is 12.4. The number of benzene rings is 1. The molecule has 2 heterocycles. The maximum absolute atomic E-state index is 12.4. The van der Waals surface area contributed by atoms with Crippen LogP contribution < -0.4 is 0 Å². The van der Waals surface area contributed by atoms with Gasteiger partial charge in [0.25, 0.3) is 5.91 Å². The van der Waals surface area contributed by atoms with Crippen molar-refractivity contribution >= 4 is 17.3 Å². The third-order valence-corrected chi connectivity index (χ3v) is 3.37. The topological polar surface area (TPSA) is 54.7 Å². The van der Waals surface area contributed by atoms with E-state index in [1.807, 2.05) is 18.2 Å². The van der Waals surface area contributed by atoms with Gasteiger partial charge in [-0.2, -0.15) is 0 Å². The molecule has 5 nitrogen and oxygen atoms in total. The lowest BCUT2D eigenvalue weighted by Gasteiger charge is -2.09. The second-order valence-corrected chi connectivity index (χ2v) is 5.20. The first-order valence-electron chi connectivity index (χ1n) is 6.86. The lowest BCUT2D eigenvalue weighted by atomic mass is 10.1. The Morgan fingerprint density at radius 2 is 1.68 bits per heavy atom. The molecule has 3 aromatic rings. The molecule has 0 aliphatic rings. The SMILES string of the molecule is CN(C)C(=O)c1ccc2nc(C(=O)c3ccccc3)cn2c1. The molecule has 3 rings (SSSR count). The number of carbonyl (C=O) groups excluding carboxylic acids is 2. The Kier molecular flexibility index (Phi) is 3.47. The summed E-state index contributed by atoms with van der Waals surface area (Å²) in [4.78, 5) is 30.2. The summed E-state index contributed by atoms with van der Waals surface area (Å²) >= 11 is 0. The van der Waals surface area contributed by atoms with Crippen molar-refractivity contribution in [1.82, 2.24) is 14.3 Å². The predicted octanol–water partition coefficient (Wildman–Crippen LogP) is 2.27. The molecule has 2 aromatic heterocycles. The summed E-state index contributed by atoms with van der Waals surface area (Å²) in [6.45, 7) is 0. The van der Waals surface area contributed by atoms with Gasteiger partial charge in [-0.3, -0.25) is 9.59 Å². The summed E-state index contributed by atoms with van der Waals surface area (Å²) in [7, 11) is 3.40. The molecule has 22 heavy (non-hydrogen) atoms. The van der Waals surface area contributed by atoms with Crippen molar-refractivity contribution in [3.05, 3.63) is 71.7 Å². The highest BCUT2D eigenvalue weighted by molar-refractivity contribution is 6.08. The van der Waals surface area contributed by atoms with E-state index in [4.69, 9.17) is 0 Å². The second-order valence-electron chi connectivity index (χ2n) is 5.20. The van der Waals surface area contributed by atoms with Gasteiger partial charge in [0.15, 0.2) is 0 Å². The van der Waals surface area contributed by atoms with Crippen LogP contribution in [0.2, 0.25) is 0 Å². The number of hydrogen-bond donors (Lipinski definition) is 0. The molecule has 0 fully saturated rings. The van der Waals surface area contributed by atoms with Gasteiger partial charge in [0.1, 0.15) is 11.3 Å². The zero-order chi connectivity index (χ0) is 15.7. The molecule has 0 radical (unpaired) electrons. The average Bonchev–Trinajstić information content (AvgIpc) is 2.97. The van der Waals surface area contributed by atoms with Gasteiger partial charge in [-0.15, -0.1) is 0 Å². The lowest BCUT2D eigenvalue weighted by Crippen LogP contribution is -2.21. The molecule has 0 saturated carbocycles. The first kappa shape index (κ1) is 14.0. The number of amides is 1. The largest absolute Gasteiger partial charge is 0.345 e. The smallest absolute Gasteiger partial charge is 0.254 e. The van der Waals surface area contributed by atoms with Crippen LogP contribution in [0.5, 0.6) is 0 Å². The first-order valence-corrected chi connectivity index (χ1v) is 6.86. The Labute approximate surface area is 127 Å². The number of fused-ring (bicyclic) bond motifs is 1. The minimum atomic E-state index is -0.134. The van der Waals surface area contributed by atoms with Gasteiger partial charge in [0, 0.05) is 32.1 Å². The number of nitrogens with zero attached hydrogens (tertiary/aromatic N) is 3. The van der Waals surface area contributed by atoms with Gasteiger partial charge >= 0.3 is 0 Å². The highest BCUT2D eigenvalue weighted by atomic mass is 16.2. The molecule has 0 atom stereocenters. The van der Waals surface area contributed by atoms with E-state index in [0.29, 0.717) is 22.5 Å². The Morgan fingerprint density at radius 3 is 2.36 bits per heavy atom. The molecule has 0 aliphatic heterocycles. The predicted molar refractivity (Wildman–Crippen MR) is 83.1 cm³/mol. The third kappa shape index (κ3) is 2.48. The Bertz CT molecular complexity index is 851. The summed E-state index contributed by atoms with van der Waals surface area (Å²) in [5.74, 6) is -0.226. The van der Waals surface area contributed by atoms with Crippen molar-refractivity contribution in [2.24, 2.45) is 0 Å². The quantitative estimate of drug-likeness (QED) is 0.696. The summed E-state index contributed by atoms with van der Waals surface area (Å²) in [6.07, 6.45) is 3.34. The van der Waals surface area contributed by atoms with E-state index in [2.05, 4.69) is 4.98 Å². The van der Waals surface area contributed by atoms with Crippen LogP contribution in [0.3, 0.4) is 0 Å². The minimum Gasteiger partial charge on any atom is -0.345 e. The van der Waals surface area contributed by atoms with Crippen molar-refractivity contribution in [1.29, 1.82) is 0 Å². The maximum Gasteiger partial charge on any atom is 0.254 e. The molecular weight excluding hydrogens is 278 g/mol. The zero-order valence-corrected chi connectivity index (χ0v) is 12.4. The maximum atomic E-state index is 12.4. The molecule has 0 saturated heterocycles. The number of aromatic nitrogens is 2. The van der Waals surface area contributed by atoms with Crippen molar-refractivity contribution < 1.29 is 9.59 Å². The molecule has 0 N–H and O–H groups in total. The monoisotopic (exact) mass is 293 g/mol. The Balaban J connectivity index is 2.00. The van der Waals surface area contributed by atoms with Gasteiger partial charge in [-0.25, -0.2) is 4.98 Å². The van der Waals surface area contributed by atoms with E-state index in [1.165, 1.54) is 4.90 Å². The fourth-order valence-electron chi connectivity index (χ4n) is 2.22. The Morgan fingerprint density at radius 1 is 0.955 bits per heavy atom. The summed E-state index contributed by atoms with van der Waals surface area (Å²) < 4.78 is 1.70. The molecule has 1 aromatic carbocycles. The number of hydrogen-bond acceptors (Lipinski definition) is 3. The van der Waals surface area contributed by atoms with E-state index < -0.39 is 0 Å². The summed E-state index contributed by atoms with van der Waals surface area (Å²) in [5, 5.41) is 0. The van der Waals surface area contributed by atoms with Crippen LogP contribution in [0.1, 0.15) is 26.4 Å². The number of carbonyl (C=O) groups is 2. The van der Waals surface area contributed by atoms with Gasteiger partial charge in [-0.1, -0.05) is 30.3 Å². The molecule has 5 heteroatoms. The van der Waals surface area contributed by atoms with Gasteiger partial charge in [0.05, 0.1) is 5.56 Å². The molecular formula is C17H15N3O2. The molecule has 110 valence electrons. The highest BCUT2D eigenvalue weighted by Crippen LogP contribution is 2.13. The molecule has 0 unspecified atom stereocenters. The number of pyridine rings is 1. The van der Waals surface area contributed by atoms with Gasteiger partial charge < -0.3 is 9.30 Å². The van der Waals surface area contributed by atoms with Crippen molar-refractivity contribution in [2.45, 2.75) is 0 Å². The molecule has 0 aliphatic carbocycles. The van der Waals surface area contributed by atoms with Crippen molar-refractivity contribution in [3.8, 4) is 0 Å². The highest BCUT2D eigenvalue weighted by Gasteiger charge is 2.14. The first-order chi connectivity index (χ1) is 10.6. The minimum absolute atomic E-state index is 0.0912. The van der Waals surface area contributed by atoms with E-state index in [0.717, 1.165) is 0 Å². The molecule has 0 spiro atoms. The van der Waals surface area contributed by atoms with Gasteiger partial charge in [0.2, 0.25) is 5.78 Å². The van der Waals surface area contributed by atoms with Crippen LogP contribution in [0, 0.1) is 0 Å². The van der Waals surface area contributed by atoms with E-state index in [9.17, 15) is 9.59 Å². The van der Waals surface area contributed by atoms with Crippen LogP contribution in [0.15, 0.2) is 54.9 Å². The Hall–Kier alpha value is -2.95. The number of rotatable bonds is 3. The van der Waals surface area contributed by atoms with E-state index in [-0.39, 0.29) is 11.7 Å². The van der Waals surface area contributed by atoms with E-state index >= 15 is 0 Å². The lowest BCUT2D eigenvalue weighted by molar-refractivity contribution is 0.0827. The van der Waals surface area contributed by atoms with Crippen LogP contribution in [0.25, 0.3) is 5.65 Å². The second kappa shape index (κ2) is 5.44. The normalized spacial score (nSPS) is 10.6. The third-order valence-electron chi connectivity index (χ3n) is 3.37. The fraction of sp³-hybridized carbons (Fsp3) is 0.118. The number of imidazole rings is 1. The van der Waals surface area contributed by atoms with Crippen LogP contribution in [0.4, 0.5) is 0 Å². The number of ketones is 1. The fourth-order valence-corrected chi connectivity index (χ4v) is 2.22. The molecule has 1 amide bonds. The van der Waals surface area contributed by atoms with Crippen LogP contribution >= 0.6 is 0 Å². The summed E-state index contributed by atoms with van der Waals surface area (Å²) in [5.41, 5.74) is 2.14. The van der Waals surface area contributed by atoms with Crippen molar-refractivity contribution in [3.63, 3.8) is 0 Å². The summed E-state index contributed by atoms with van der Waals surface area (Å²) in [6, 6.07) is 12.5. The van der Waals surface area contributed by atoms with Crippen LogP contribution in [-0.2, 0) is 0 Å². The van der Waals surface area contributed by atoms with E-state index in [1.54, 1.807) is 55.2 Å². The average molecular weight is 293 g/mol. The molecule has 0 bridgehead atoms. The standard InChI is InChI=1S/C17H15N3O2/c1-19(2)17(22)13-8-9-15-18-14(11-20(15)10-13)16(21)12-6-4-3-5-7-12/h3-11H,1-2H3. The van der Waals surface area contributed by atoms with Gasteiger partial charge in [-0.05, 0) is 12.1 Å².